The number of ether oxygens (including phenoxy) is 1. The van der Waals surface area contributed by atoms with Crippen molar-refractivity contribution >= 4 is 5.97 Å². The van der Waals surface area contributed by atoms with Crippen LogP contribution in [0.15, 0.2) is 0 Å². The van der Waals surface area contributed by atoms with Crippen molar-refractivity contribution in [1.29, 1.82) is 0 Å². The lowest BCUT2D eigenvalue weighted by molar-refractivity contribution is -0.138. The smallest absolute Gasteiger partial charge is 0.304 e. The third-order valence-corrected chi connectivity index (χ3v) is 4.53. The maximum absolute atomic E-state index is 10.6. The second-order valence-electron chi connectivity index (χ2n) is 5.86. The lowest BCUT2D eigenvalue weighted by atomic mass is 9.78. The predicted molar refractivity (Wildman–Crippen MR) is 69.7 cm³/mol. The van der Waals surface area contributed by atoms with E-state index >= 15 is 0 Å². The van der Waals surface area contributed by atoms with E-state index in [2.05, 4.69) is 11.9 Å². The van der Waals surface area contributed by atoms with Crippen LogP contribution in [0.4, 0.5) is 0 Å². The van der Waals surface area contributed by atoms with Gasteiger partial charge in [0, 0.05) is 19.2 Å². The van der Waals surface area contributed by atoms with E-state index in [9.17, 15) is 4.79 Å². The molecule has 0 aromatic rings. The molecule has 1 spiro atoms. The second kappa shape index (κ2) is 6.02. The molecule has 0 amide bonds. The lowest BCUT2D eigenvalue weighted by Crippen LogP contribution is -2.48. The molecule has 4 nitrogen and oxygen atoms in total. The van der Waals surface area contributed by atoms with E-state index in [4.69, 9.17) is 9.84 Å². The van der Waals surface area contributed by atoms with E-state index in [0.29, 0.717) is 12.6 Å². The van der Waals surface area contributed by atoms with Crippen LogP contribution in [0.5, 0.6) is 0 Å². The van der Waals surface area contributed by atoms with Crippen molar-refractivity contribution in [3.63, 3.8) is 0 Å². The Morgan fingerprint density at radius 2 is 2.11 bits per heavy atom. The van der Waals surface area contributed by atoms with Gasteiger partial charge in [-0.25, -0.2) is 0 Å². The van der Waals surface area contributed by atoms with Crippen molar-refractivity contribution in [3.05, 3.63) is 0 Å². The molecule has 0 aromatic carbocycles. The number of carbonyl (C=O) groups is 1. The molecule has 18 heavy (non-hydrogen) atoms. The SMILES string of the molecule is CN(CCC(=O)O)C1CCOC2(CCCCC2)C1. The molecule has 0 bridgehead atoms. The first-order valence-electron chi connectivity index (χ1n) is 7.17. The highest BCUT2D eigenvalue weighted by Gasteiger charge is 2.39. The van der Waals surface area contributed by atoms with Gasteiger partial charge < -0.3 is 14.7 Å². The first-order valence-corrected chi connectivity index (χ1v) is 7.17. The zero-order chi connectivity index (χ0) is 13.0. The number of carboxylic acids is 1. The number of nitrogens with zero attached hydrogens (tertiary/aromatic N) is 1. The van der Waals surface area contributed by atoms with Gasteiger partial charge in [-0.1, -0.05) is 19.3 Å². The van der Waals surface area contributed by atoms with E-state index in [0.717, 1.165) is 19.4 Å². The maximum atomic E-state index is 10.6. The molecule has 1 heterocycles. The summed E-state index contributed by atoms with van der Waals surface area (Å²) >= 11 is 0. The summed E-state index contributed by atoms with van der Waals surface area (Å²) in [6.07, 6.45) is 8.65. The molecule has 1 saturated carbocycles. The van der Waals surface area contributed by atoms with Crippen LogP contribution >= 0.6 is 0 Å². The summed E-state index contributed by atoms with van der Waals surface area (Å²) in [6.45, 7) is 1.48. The van der Waals surface area contributed by atoms with Gasteiger partial charge in [0.1, 0.15) is 0 Å². The Bertz CT molecular complexity index is 281. The van der Waals surface area contributed by atoms with E-state index in [1.807, 2.05) is 0 Å². The highest BCUT2D eigenvalue weighted by atomic mass is 16.5. The molecule has 1 aliphatic heterocycles. The average molecular weight is 255 g/mol. The lowest BCUT2D eigenvalue weighted by Gasteiger charge is -2.45. The third kappa shape index (κ3) is 3.45. The first kappa shape index (κ1) is 13.8. The number of aliphatic carboxylic acids is 1. The first-order chi connectivity index (χ1) is 8.61. The van der Waals surface area contributed by atoms with Crippen LogP contribution in [-0.4, -0.2) is 47.8 Å². The second-order valence-corrected chi connectivity index (χ2v) is 5.86. The Morgan fingerprint density at radius 1 is 1.39 bits per heavy atom. The topological polar surface area (TPSA) is 49.8 Å². The van der Waals surface area contributed by atoms with E-state index in [1.54, 1.807) is 0 Å². The fourth-order valence-electron chi connectivity index (χ4n) is 3.38. The van der Waals surface area contributed by atoms with Gasteiger partial charge in [-0.15, -0.1) is 0 Å². The zero-order valence-electron chi connectivity index (χ0n) is 11.4. The molecule has 4 heteroatoms. The zero-order valence-corrected chi connectivity index (χ0v) is 11.4. The van der Waals surface area contributed by atoms with Crippen molar-refractivity contribution in [2.45, 2.75) is 63.0 Å². The van der Waals surface area contributed by atoms with Gasteiger partial charge in [0.15, 0.2) is 0 Å². The van der Waals surface area contributed by atoms with Crippen molar-refractivity contribution in [3.8, 4) is 0 Å². The largest absolute Gasteiger partial charge is 0.481 e. The fourth-order valence-corrected chi connectivity index (χ4v) is 3.38. The van der Waals surface area contributed by atoms with Crippen molar-refractivity contribution < 1.29 is 14.6 Å². The fraction of sp³-hybridized carbons (Fsp3) is 0.929. The van der Waals surface area contributed by atoms with Gasteiger partial charge in [0.2, 0.25) is 0 Å². The Hall–Kier alpha value is -0.610. The number of hydrogen-bond donors (Lipinski definition) is 1. The molecule has 1 aliphatic carbocycles. The molecule has 1 N–H and O–H groups in total. The summed E-state index contributed by atoms with van der Waals surface area (Å²) in [5.74, 6) is -0.707. The van der Waals surface area contributed by atoms with Crippen LogP contribution in [0, 0.1) is 0 Å². The molecule has 1 unspecified atom stereocenters. The minimum absolute atomic E-state index is 0.110. The molecule has 1 saturated heterocycles. The van der Waals surface area contributed by atoms with Gasteiger partial charge >= 0.3 is 5.97 Å². The van der Waals surface area contributed by atoms with Crippen LogP contribution in [0.3, 0.4) is 0 Å². The van der Waals surface area contributed by atoms with Crippen molar-refractivity contribution in [1.82, 2.24) is 4.90 Å². The van der Waals surface area contributed by atoms with Gasteiger partial charge in [-0.05, 0) is 32.7 Å². The molecule has 1 atom stereocenters. The quantitative estimate of drug-likeness (QED) is 0.837. The standard InChI is InChI=1S/C14H25NO3/c1-15(9-5-13(16)17)12-6-10-18-14(11-12)7-3-2-4-8-14/h12H,2-11H2,1H3,(H,16,17). The maximum Gasteiger partial charge on any atom is 0.304 e. The Morgan fingerprint density at radius 3 is 2.78 bits per heavy atom. The van der Waals surface area contributed by atoms with Crippen LogP contribution in [0.25, 0.3) is 0 Å². The van der Waals surface area contributed by atoms with E-state index in [1.165, 1.54) is 32.1 Å². The summed E-state index contributed by atoms with van der Waals surface area (Å²) in [5.41, 5.74) is 0.110. The number of carboxylic acid groups (broad SMARTS) is 1. The summed E-state index contributed by atoms with van der Waals surface area (Å²) in [4.78, 5) is 12.8. The van der Waals surface area contributed by atoms with Crippen molar-refractivity contribution in [2.75, 3.05) is 20.2 Å². The molecule has 0 radical (unpaired) electrons. The van der Waals surface area contributed by atoms with Crippen molar-refractivity contribution in [2.24, 2.45) is 0 Å². The summed E-state index contributed by atoms with van der Waals surface area (Å²) in [6, 6.07) is 0.496. The molecule has 2 fully saturated rings. The van der Waals surface area contributed by atoms with Gasteiger partial charge in [0.05, 0.1) is 12.0 Å². The minimum atomic E-state index is -0.707. The van der Waals surface area contributed by atoms with Crippen LogP contribution in [0.2, 0.25) is 0 Å². The summed E-state index contributed by atoms with van der Waals surface area (Å²) < 4.78 is 6.07. The van der Waals surface area contributed by atoms with Gasteiger partial charge in [0.25, 0.3) is 0 Å². The normalized spacial score (nSPS) is 27.6. The minimum Gasteiger partial charge on any atom is -0.481 e. The van der Waals surface area contributed by atoms with Crippen LogP contribution in [0.1, 0.15) is 51.4 Å². The highest BCUT2D eigenvalue weighted by Crippen LogP contribution is 2.39. The predicted octanol–water partition coefficient (Wildman–Crippen LogP) is 2.27. The van der Waals surface area contributed by atoms with Crippen LogP contribution < -0.4 is 0 Å². The monoisotopic (exact) mass is 255 g/mol. The number of hydrogen-bond acceptors (Lipinski definition) is 3. The Kier molecular flexibility index (Phi) is 4.62. The Labute approximate surface area is 109 Å². The third-order valence-electron chi connectivity index (χ3n) is 4.53. The van der Waals surface area contributed by atoms with Gasteiger partial charge in [-0.2, -0.15) is 0 Å². The highest BCUT2D eigenvalue weighted by molar-refractivity contribution is 5.66. The molecule has 0 aromatic heterocycles. The molecular formula is C14H25NO3. The molecule has 2 aliphatic rings. The number of rotatable bonds is 4. The average Bonchev–Trinajstić information content (AvgIpc) is 2.37. The van der Waals surface area contributed by atoms with E-state index in [-0.39, 0.29) is 12.0 Å². The van der Waals surface area contributed by atoms with E-state index < -0.39 is 5.97 Å². The molecular weight excluding hydrogens is 230 g/mol. The summed E-state index contributed by atoms with van der Waals surface area (Å²) in [7, 11) is 2.05. The summed E-state index contributed by atoms with van der Waals surface area (Å²) in [5, 5.41) is 8.75. The Balaban J connectivity index is 1.87. The van der Waals surface area contributed by atoms with Gasteiger partial charge in [-0.3, -0.25) is 4.79 Å². The molecule has 2 rings (SSSR count). The van der Waals surface area contributed by atoms with Crippen LogP contribution in [-0.2, 0) is 9.53 Å². The molecule has 104 valence electrons.